The lowest BCUT2D eigenvalue weighted by molar-refractivity contribution is -0.0244. The Morgan fingerprint density at radius 2 is 2.28 bits per heavy atom. The van der Waals surface area contributed by atoms with Gasteiger partial charge in [0, 0.05) is 13.0 Å². The van der Waals surface area contributed by atoms with Crippen molar-refractivity contribution in [3.8, 4) is 0 Å². The summed E-state index contributed by atoms with van der Waals surface area (Å²) in [4.78, 5) is 7.92. The quantitative estimate of drug-likeness (QED) is 0.917. The second-order valence-corrected chi connectivity index (χ2v) is 5.35. The maximum absolute atomic E-state index is 6.12. The van der Waals surface area contributed by atoms with Gasteiger partial charge in [-0.15, -0.1) is 0 Å². The maximum Gasteiger partial charge on any atom is 0.107 e. The van der Waals surface area contributed by atoms with Crippen LogP contribution < -0.4 is 0 Å². The van der Waals surface area contributed by atoms with Crippen molar-refractivity contribution in [3.05, 3.63) is 29.0 Å². The number of hydrogen-bond acceptors (Lipinski definition) is 2. The summed E-state index contributed by atoms with van der Waals surface area (Å²) in [5.74, 6) is 1.74. The summed E-state index contributed by atoms with van der Waals surface area (Å²) < 4.78 is 5.57. The van der Waals surface area contributed by atoms with Gasteiger partial charge in [0.2, 0.25) is 0 Å². The summed E-state index contributed by atoms with van der Waals surface area (Å²) in [6.45, 7) is 2.87. The lowest BCUT2D eigenvalue weighted by atomic mass is 9.80. The van der Waals surface area contributed by atoms with E-state index < -0.39 is 0 Å². The second-order valence-electron chi connectivity index (χ2n) is 4.94. The minimum absolute atomic E-state index is 0.466. The Balaban J connectivity index is 1.67. The molecule has 0 bridgehead atoms. The molecule has 18 heavy (non-hydrogen) atoms. The summed E-state index contributed by atoms with van der Waals surface area (Å²) in [6.07, 6.45) is 3.76. The molecule has 1 aliphatic carbocycles. The highest BCUT2D eigenvalue weighted by atomic mass is 35.5. The molecule has 1 aromatic heterocycles. The normalized spacial score (nSPS) is 23.2. The van der Waals surface area contributed by atoms with Crippen LogP contribution in [0.4, 0.5) is 0 Å². The average molecular weight is 265 g/mol. The Morgan fingerprint density at radius 1 is 1.44 bits per heavy atom. The highest BCUT2D eigenvalue weighted by Gasteiger charge is 2.30. The lowest BCUT2D eigenvalue weighted by Gasteiger charge is -2.34. The number of ether oxygens (including phenoxy) is 1. The molecule has 0 atom stereocenters. The maximum atomic E-state index is 6.12. The van der Waals surface area contributed by atoms with Crippen LogP contribution in [0.25, 0.3) is 11.0 Å². The number of hydrogen-bond donors (Lipinski definition) is 1. The van der Waals surface area contributed by atoms with Gasteiger partial charge in [-0.05, 0) is 37.8 Å². The van der Waals surface area contributed by atoms with Crippen LogP contribution in [0.5, 0.6) is 0 Å². The summed E-state index contributed by atoms with van der Waals surface area (Å²) in [7, 11) is 0. The predicted octanol–water partition coefficient (Wildman–Crippen LogP) is 3.57. The molecule has 0 spiro atoms. The van der Waals surface area contributed by atoms with Gasteiger partial charge in [-0.3, -0.25) is 0 Å². The first kappa shape index (κ1) is 12.0. The molecule has 0 saturated heterocycles. The van der Waals surface area contributed by atoms with E-state index in [4.69, 9.17) is 16.3 Å². The molecule has 0 aliphatic heterocycles. The van der Waals surface area contributed by atoms with Gasteiger partial charge in [0.25, 0.3) is 0 Å². The standard InChI is InChI=1S/C14H17ClN2O/c1-2-18-10-6-9(7-10)8-13-16-12-5-3-4-11(15)14(12)17-13/h3-5,9-10H,2,6-8H2,1H3,(H,16,17). The first-order chi connectivity index (χ1) is 8.76. The van der Waals surface area contributed by atoms with Crippen LogP contribution in [0.3, 0.4) is 0 Å². The van der Waals surface area contributed by atoms with Crippen LogP contribution in [-0.2, 0) is 11.2 Å². The van der Waals surface area contributed by atoms with E-state index in [9.17, 15) is 0 Å². The number of halogens is 1. The number of fused-ring (bicyclic) bond motifs is 1. The van der Waals surface area contributed by atoms with Gasteiger partial charge >= 0.3 is 0 Å². The number of benzene rings is 1. The fraction of sp³-hybridized carbons (Fsp3) is 0.500. The molecule has 96 valence electrons. The minimum atomic E-state index is 0.466. The minimum Gasteiger partial charge on any atom is -0.378 e. The highest BCUT2D eigenvalue weighted by Crippen LogP contribution is 2.33. The van der Waals surface area contributed by atoms with E-state index in [0.29, 0.717) is 12.0 Å². The zero-order chi connectivity index (χ0) is 12.5. The van der Waals surface area contributed by atoms with E-state index in [1.54, 1.807) is 0 Å². The van der Waals surface area contributed by atoms with E-state index in [1.807, 2.05) is 18.2 Å². The van der Waals surface area contributed by atoms with Crippen molar-refractivity contribution in [2.24, 2.45) is 5.92 Å². The molecule has 1 saturated carbocycles. The van der Waals surface area contributed by atoms with Crippen molar-refractivity contribution in [2.45, 2.75) is 32.3 Å². The lowest BCUT2D eigenvalue weighted by Crippen LogP contribution is -2.32. The molecule has 1 fully saturated rings. The first-order valence-corrected chi connectivity index (χ1v) is 6.88. The Hall–Kier alpha value is -1.06. The van der Waals surface area contributed by atoms with Crippen LogP contribution in [0.1, 0.15) is 25.6 Å². The summed E-state index contributed by atoms with van der Waals surface area (Å²) in [6, 6.07) is 5.84. The van der Waals surface area contributed by atoms with E-state index in [2.05, 4.69) is 16.9 Å². The topological polar surface area (TPSA) is 37.9 Å². The van der Waals surface area contributed by atoms with Gasteiger partial charge in [0.1, 0.15) is 11.3 Å². The number of aromatic nitrogens is 2. The van der Waals surface area contributed by atoms with Crippen LogP contribution in [0, 0.1) is 5.92 Å². The van der Waals surface area contributed by atoms with Crippen molar-refractivity contribution in [3.63, 3.8) is 0 Å². The van der Waals surface area contributed by atoms with E-state index in [-0.39, 0.29) is 0 Å². The van der Waals surface area contributed by atoms with E-state index in [0.717, 1.165) is 47.7 Å². The van der Waals surface area contributed by atoms with Gasteiger partial charge in [-0.2, -0.15) is 0 Å². The molecule has 3 rings (SSSR count). The molecule has 0 amide bonds. The van der Waals surface area contributed by atoms with Gasteiger partial charge < -0.3 is 9.72 Å². The molecule has 1 heterocycles. The number of H-pyrrole nitrogens is 1. The van der Waals surface area contributed by atoms with Crippen LogP contribution >= 0.6 is 11.6 Å². The van der Waals surface area contributed by atoms with Crippen molar-refractivity contribution in [2.75, 3.05) is 6.61 Å². The fourth-order valence-corrected chi connectivity index (χ4v) is 2.85. The van der Waals surface area contributed by atoms with Gasteiger partial charge in [0.15, 0.2) is 0 Å². The van der Waals surface area contributed by atoms with Gasteiger partial charge in [-0.25, -0.2) is 4.98 Å². The predicted molar refractivity (Wildman–Crippen MR) is 72.9 cm³/mol. The summed E-state index contributed by atoms with van der Waals surface area (Å²) >= 11 is 6.12. The van der Waals surface area contributed by atoms with Crippen LogP contribution in [0.2, 0.25) is 5.02 Å². The van der Waals surface area contributed by atoms with Gasteiger partial charge in [0.05, 0.1) is 16.6 Å². The first-order valence-electron chi connectivity index (χ1n) is 6.51. The fourth-order valence-electron chi connectivity index (χ4n) is 2.63. The number of nitrogens with one attached hydrogen (secondary N) is 1. The number of para-hydroxylation sites is 1. The monoisotopic (exact) mass is 264 g/mol. The summed E-state index contributed by atoms with van der Waals surface area (Å²) in [5.41, 5.74) is 1.91. The van der Waals surface area contributed by atoms with Crippen LogP contribution in [-0.4, -0.2) is 22.7 Å². The molecule has 2 aromatic rings. The Kier molecular flexibility index (Phi) is 3.27. The second kappa shape index (κ2) is 4.90. The van der Waals surface area contributed by atoms with Crippen LogP contribution in [0.15, 0.2) is 18.2 Å². The molecule has 3 nitrogen and oxygen atoms in total. The molecular formula is C14H17ClN2O. The molecule has 0 unspecified atom stereocenters. The third-order valence-corrected chi connectivity index (χ3v) is 3.89. The van der Waals surface area contributed by atoms with E-state index >= 15 is 0 Å². The molecule has 1 aliphatic rings. The highest BCUT2D eigenvalue weighted by molar-refractivity contribution is 6.34. The number of aromatic amines is 1. The third kappa shape index (κ3) is 2.25. The number of rotatable bonds is 4. The Labute approximate surface area is 112 Å². The van der Waals surface area contributed by atoms with Gasteiger partial charge in [-0.1, -0.05) is 17.7 Å². The zero-order valence-electron chi connectivity index (χ0n) is 10.4. The average Bonchev–Trinajstić information content (AvgIpc) is 2.71. The molecule has 4 heteroatoms. The smallest absolute Gasteiger partial charge is 0.107 e. The SMILES string of the molecule is CCOC1CC(Cc2nc3c(Cl)cccc3[nH]2)C1. The molecular weight excluding hydrogens is 248 g/mol. The van der Waals surface area contributed by atoms with Crippen molar-refractivity contribution < 1.29 is 4.74 Å². The van der Waals surface area contributed by atoms with Crippen molar-refractivity contribution in [1.82, 2.24) is 9.97 Å². The largest absolute Gasteiger partial charge is 0.378 e. The number of nitrogens with zero attached hydrogens (tertiary/aromatic N) is 1. The Bertz CT molecular complexity index is 546. The Morgan fingerprint density at radius 3 is 3.00 bits per heavy atom. The zero-order valence-corrected chi connectivity index (χ0v) is 11.2. The molecule has 0 radical (unpaired) electrons. The molecule has 1 aromatic carbocycles. The van der Waals surface area contributed by atoms with Crippen molar-refractivity contribution in [1.29, 1.82) is 0 Å². The summed E-state index contributed by atoms with van der Waals surface area (Å²) in [5, 5.41) is 0.718. The molecule has 1 N–H and O–H groups in total. The van der Waals surface area contributed by atoms with Crippen molar-refractivity contribution >= 4 is 22.6 Å². The number of imidazole rings is 1. The van der Waals surface area contributed by atoms with E-state index in [1.165, 1.54) is 0 Å². The third-order valence-electron chi connectivity index (χ3n) is 3.59.